The van der Waals surface area contributed by atoms with Gasteiger partial charge >= 0.3 is 0 Å². The zero-order valence-corrected chi connectivity index (χ0v) is 11.7. The number of nitrogens with one attached hydrogen (secondary N) is 1. The molecule has 0 bridgehead atoms. The van der Waals surface area contributed by atoms with E-state index in [1.807, 2.05) is 24.3 Å². The first-order valence-electron chi connectivity index (χ1n) is 6.80. The number of methoxy groups -OCH3 is 1. The lowest BCUT2D eigenvalue weighted by Gasteiger charge is -2.15. The molecule has 5 heteroatoms. The third-order valence-electron chi connectivity index (χ3n) is 3.85. The number of nitrogen functional groups attached to an aromatic ring is 1. The van der Waals surface area contributed by atoms with Crippen LogP contribution in [0.4, 0.5) is 5.69 Å². The topological polar surface area (TPSA) is 81.4 Å². The van der Waals surface area contributed by atoms with E-state index in [1.165, 1.54) is 0 Å². The Labute approximate surface area is 122 Å². The van der Waals surface area contributed by atoms with Crippen molar-refractivity contribution in [3.05, 3.63) is 35.9 Å². The van der Waals surface area contributed by atoms with Crippen LogP contribution in [0.15, 0.2) is 30.3 Å². The number of carbonyl (C=O) groups excluding carboxylic acids is 2. The Morgan fingerprint density at radius 3 is 2.67 bits per heavy atom. The van der Waals surface area contributed by atoms with Crippen molar-refractivity contribution in [3.63, 3.8) is 0 Å². The Hall–Kier alpha value is -2.56. The second-order valence-electron chi connectivity index (χ2n) is 5.11. The fourth-order valence-corrected chi connectivity index (χ4v) is 2.74. The fourth-order valence-electron chi connectivity index (χ4n) is 2.74. The van der Waals surface area contributed by atoms with Gasteiger partial charge in [-0.2, -0.15) is 0 Å². The van der Waals surface area contributed by atoms with Crippen molar-refractivity contribution in [1.29, 1.82) is 0 Å². The molecule has 1 amide bonds. The lowest BCUT2D eigenvalue weighted by atomic mass is 9.96. The Kier molecular flexibility index (Phi) is 3.25. The number of amides is 1. The number of ether oxygens (including phenoxy) is 1. The second-order valence-corrected chi connectivity index (χ2v) is 5.11. The lowest BCUT2D eigenvalue weighted by Crippen LogP contribution is -2.33. The van der Waals surface area contributed by atoms with E-state index >= 15 is 0 Å². The van der Waals surface area contributed by atoms with Crippen molar-refractivity contribution < 1.29 is 14.3 Å². The van der Waals surface area contributed by atoms with Crippen LogP contribution in [0.3, 0.4) is 0 Å². The highest BCUT2D eigenvalue weighted by Crippen LogP contribution is 2.34. The molecule has 0 radical (unpaired) electrons. The SMILES string of the molecule is COc1cc(C(=O)[C@@H]2CCC(=O)N2)c(N)c2ccccc12. The van der Waals surface area contributed by atoms with E-state index in [-0.39, 0.29) is 11.7 Å². The van der Waals surface area contributed by atoms with E-state index < -0.39 is 6.04 Å². The summed E-state index contributed by atoms with van der Waals surface area (Å²) in [6, 6.07) is 8.68. The standard InChI is InChI=1S/C16H16N2O3/c1-21-13-8-11(16(20)12-6-7-14(19)18-12)15(17)10-5-3-2-4-9(10)13/h2-5,8,12H,6-7,17H2,1H3,(H,18,19)/t12-/m0/s1. The first-order chi connectivity index (χ1) is 10.1. The van der Waals surface area contributed by atoms with Crippen molar-refractivity contribution in [2.24, 2.45) is 0 Å². The predicted octanol–water partition coefficient (Wildman–Crippen LogP) is 1.89. The third kappa shape index (κ3) is 2.20. The van der Waals surface area contributed by atoms with Crippen LogP contribution in [0, 0.1) is 0 Å². The minimum Gasteiger partial charge on any atom is -0.496 e. The van der Waals surface area contributed by atoms with Crippen LogP contribution in [0.1, 0.15) is 23.2 Å². The average molecular weight is 284 g/mol. The molecular weight excluding hydrogens is 268 g/mol. The van der Waals surface area contributed by atoms with Crippen LogP contribution in [0.2, 0.25) is 0 Å². The van der Waals surface area contributed by atoms with Crippen molar-refractivity contribution in [3.8, 4) is 5.75 Å². The number of hydrogen-bond acceptors (Lipinski definition) is 4. The molecule has 2 aromatic carbocycles. The van der Waals surface area contributed by atoms with Gasteiger partial charge in [0.1, 0.15) is 5.75 Å². The molecule has 1 aliphatic heterocycles. The number of ketones is 1. The first-order valence-corrected chi connectivity index (χ1v) is 6.80. The molecule has 0 aromatic heterocycles. The van der Waals surface area contributed by atoms with Gasteiger partial charge in [0.2, 0.25) is 5.91 Å². The van der Waals surface area contributed by atoms with Gasteiger partial charge in [0.05, 0.1) is 18.8 Å². The van der Waals surface area contributed by atoms with Crippen LogP contribution in [0.5, 0.6) is 5.75 Å². The van der Waals surface area contributed by atoms with Gasteiger partial charge < -0.3 is 15.8 Å². The smallest absolute Gasteiger partial charge is 0.220 e. The van der Waals surface area contributed by atoms with E-state index in [2.05, 4.69) is 5.32 Å². The van der Waals surface area contributed by atoms with Gasteiger partial charge in [-0.3, -0.25) is 9.59 Å². The molecule has 0 unspecified atom stereocenters. The van der Waals surface area contributed by atoms with Crippen molar-refractivity contribution >= 4 is 28.2 Å². The Morgan fingerprint density at radius 1 is 1.33 bits per heavy atom. The van der Waals surface area contributed by atoms with Gasteiger partial charge in [-0.05, 0) is 12.5 Å². The summed E-state index contributed by atoms with van der Waals surface area (Å²) in [4.78, 5) is 23.9. The molecule has 1 fully saturated rings. The van der Waals surface area contributed by atoms with Gasteiger partial charge in [-0.15, -0.1) is 0 Å². The zero-order valence-electron chi connectivity index (χ0n) is 11.7. The quantitative estimate of drug-likeness (QED) is 0.666. The van der Waals surface area contributed by atoms with Gasteiger partial charge in [-0.1, -0.05) is 24.3 Å². The molecule has 3 rings (SSSR count). The summed E-state index contributed by atoms with van der Waals surface area (Å²) in [5, 5.41) is 4.33. The van der Waals surface area contributed by atoms with E-state index in [9.17, 15) is 9.59 Å². The van der Waals surface area contributed by atoms with E-state index in [4.69, 9.17) is 10.5 Å². The molecule has 0 saturated carbocycles. The molecule has 1 aliphatic rings. The summed E-state index contributed by atoms with van der Waals surface area (Å²) in [7, 11) is 1.56. The molecule has 1 heterocycles. The Bertz CT molecular complexity index is 740. The number of rotatable bonds is 3. The zero-order chi connectivity index (χ0) is 15.0. The average Bonchev–Trinajstić information content (AvgIpc) is 2.94. The maximum atomic E-state index is 12.6. The molecule has 0 aliphatic carbocycles. The number of nitrogens with two attached hydrogens (primary N) is 1. The van der Waals surface area contributed by atoms with Crippen molar-refractivity contribution in [2.75, 3.05) is 12.8 Å². The molecule has 0 spiro atoms. The molecule has 108 valence electrons. The highest BCUT2D eigenvalue weighted by molar-refractivity contribution is 6.13. The summed E-state index contributed by atoms with van der Waals surface area (Å²) in [5.41, 5.74) is 6.99. The summed E-state index contributed by atoms with van der Waals surface area (Å²) >= 11 is 0. The third-order valence-corrected chi connectivity index (χ3v) is 3.85. The van der Waals surface area contributed by atoms with Gasteiger partial charge in [0.25, 0.3) is 0 Å². The summed E-state index contributed by atoms with van der Waals surface area (Å²) in [6.07, 6.45) is 0.882. The number of fused-ring (bicyclic) bond motifs is 1. The number of carbonyl (C=O) groups is 2. The highest BCUT2D eigenvalue weighted by atomic mass is 16.5. The van der Waals surface area contributed by atoms with Gasteiger partial charge in [0.15, 0.2) is 5.78 Å². The van der Waals surface area contributed by atoms with Crippen LogP contribution in [-0.4, -0.2) is 24.8 Å². The minimum absolute atomic E-state index is 0.0975. The number of Topliss-reactive ketones (excluding diaryl/α,β-unsaturated/α-hetero) is 1. The van der Waals surface area contributed by atoms with Gasteiger partial charge in [-0.25, -0.2) is 0 Å². The lowest BCUT2D eigenvalue weighted by molar-refractivity contribution is -0.119. The number of anilines is 1. The Morgan fingerprint density at radius 2 is 2.05 bits per heavy atom. The first kappa shape index (κ1) is 13.4. The maximum Gasteiger partial charge on any atom is 0.220 e. The van der Waals surface area contributed by atoms with Crippen molar-refractivity contribution in [2.45, 2.75) is 18.9 Å². The Balaban J connectivity index is 2.12. The molecule has 3 N–H and O–H groups in total. The van der Waals surface area contributed by atoms with E-state index in [0.29, 0.717) is 29.8 Å². The predicted molar refractivity (Wildman–Crippen MR) is 80.4 cm³/mol. The van der Waals surface area contributed by atoms with Crippen molar-refractivity contribution in [1.82, 2.24) is 5.32 Å². The second kappa shape index (κ2) is 5.09. The van der Waals surface area contributed by atoms with Crippen LogP contribution in [0.25, 0.3) is 10.8 Å². The molecule has 2 aromatic rings. The summed E-state index contributed by atoms with van der Waals surface area (Å²) < 4.78 is 5.36. The summed E-state index contributed by atoms with van der Waals surface area (Å²) in [5.74, 6) is 0.342. The fraction of sp³-hybridized carbons (Fsp3) is 0.250. The van der Waals surface area contributed by atoms with E-state index in [1.54, 1.807) is 13.2 Å². The molecule has 21 heavy (non-hydrogen) atoms. The maximum absolute atomic E-state index is 12.6. The van der Waals surface area contributed by atoms with Gasteiger partial charge in [0, 0.05) is 22.8 Å². The molecule has 5 nitrogen and oxygen atoms in total. The summed E-state index contributed by atoms with van der Waals surface area (Å²) in [6.45, 7) is 0. The van der Waals surface area contributed by atoms with Crippen LogP contribution >= 0.6 is 0 Å². The highest BCUT2D eigenvalue weighted by Gasteiger charge is 2.30. The number of hydrogen-bond donors (Lipinski definition) is 2. The van der Waals surface area contributed by atoms with E-state index in [0.717, 1.165) is 10.8 Å². The largest absolute Gasteiger partial charge is 0.496 e. The number of benzene rings is 2. The molecule has 1 atom stereocenters. The monoisotopic (exact) mass is 284 g/mol. The van der Waals surface area contributed by atoms with Crippen LogP contribution in [-0.2, 0) is 4.79 Å². The molecular formula is C16H16N2O3. The van der Waals surface area contributed by atoms with Crippen LogP contribution < -0.4 is 15.8 Å². The minimum atomic E-state index is -0.495. The normalized spacial score (nSPS) is 17.8. The molecule has 1 saturated heterocycles.